The van der Waals surface area contributed by atoms with Crippen molar-refractivity contribution < 1.29 is 14.6 Å². The van der Waals surface area contributed by atoms with Crippen LogP contribution in [0.3, 0.4) is 0 Å². The molecule has 0 atom stereocenters. The van der Waals surface area contributed by atoms with E-state index in [0.717, 1.165) is 15.4 Å². The number of anilines is 1. The molecule has 0 radical (unpaired) electrons. The number of aliphatic carboxylic acids is 1. The lowest BCUT2D eigenvalue weighted by Gasteiger charge is -2.06. The van der Waals surface area contributed by atoms with E-state index in [9.17, 15) is 4.79 Å². The van der Waals surface area contributed by atoms with E-state index in [1.165, 1.54) is 11.3 Å². The molecule has 0 unspecified atom stereocenters. The highest BCUT2D eigenvalue weighted by Gasteiger charge is 2.04. The van der Waals surface area contributed by atoms with Crippen LogP contribution in [0.5, 0.6) is 5.88 Å². The van der Waals surface area contributed by atoms with Crippen LogP contribution in [-0.4, -0.2) is 22.7 Å². The van der Waals surface area contributed by atoms with Crippen molar-refractivity contribution in [3.8, 4) is 5.88 Å². The molecule has 0 aromatic carbocycles. The standard InChI is InChI=1S/C14H16N2O3S/c1-2-19-13-6-3-10(8-16-13)15-9-12-5-4-11(20-12)7-14(17)18/h3-6,8,15H,2,7,9H2,1H3,(H,17,18). The molecule has 106 valence electrons. The first kappa shape index (κ1) is 14.3. The minimum Gasteiger partial charge on any atom is -0.481 e. The summed E-state index contributed by atoms with van der Waals surface area (Å²) >= 11 is 1.50. The molecule has 2 aromatic heterocycles. The molecule has 2 N–H and O–H groups in total. The fourth-order valence-corrected chi connectivity index (χ4v) is 2.62. The number of nitrogens with zero attached hydrogens (tertiary/aromatic N) is 1. The summed E-state index contributed by atoms with van der Waals surface area (Å²) < 4.78 is 5.27. The van der Waals surface area contributed by atoms with Gasteiger partial charge in [0.15, 0.2) is 0 Å². The maximum atomic E-state index is 10.6. The van der Waals surface area contributed by atoms with Gasteiger partial charge in [-0.2, -0.15) is 0 Å². The summed E-state index contributed by atoms with van der Waals surface area (Å²) in [6, 6.07) is 7.52. The van der Waals surface area contributed by atoms with Gasteiger partial charge in [-0.15, -0.1) is 11.3 Å². The van der Waals surface area contributed by atoms with Gasteiger partial charge >= 0.3 is 5.97 Å². The van der Waals surface area contributed by atoms with Gasteiger partial charge in [-0.05, 0) is 25.1 Å². The fourth-order valence-electron chi connectivity index (χ4n) is 1.67. The second-order valence-corrected chi connectivity index (χ2v) is 5.36. The highest BCUT2D eigenvalue weighted by Crippen LogP contribution is 2.19. The number of carboxylic acids is 1. The fraction of sp³-hybridized carbons (Fsp3) is 0.286. The molecule has 6 heteroatoms. The van der Waals surface area contributed by atoms with E-state index in [1.54, 1.807) is 6.20 Å². The second kappa shape index (κ2) is 6.91. The largest absolute Gasteiger partial charge is 0.481 e. The van der Waals surface area contributed by atoms with Crippen molar-refractivity contribution in [3.05, 3.63) is 40.2 Å². The minimum atomic E-state index is -0.804. The molecule has 0 bridgehead atoms. The number of rotatable bonds is 7. The molecule has 0 saturated heterocycles. The van der Waals surface area contributed by atoms with Gasteiger partial charge in [0.1, 0.15) is 0 Å². The number of ether oxygens (including phenoxy) is 1. The Morgan fingerprint density at radius 2 is 2.15 bits per heavy atom. The van der Waals surface area contributed by atoms with Crippen molar-refractivity contribution in [2.24, 2.45) is 0 Å². The zero-order valence-corrected chi connectivity index (χ0v) is 11.9. The van der Waals surface area contributed by atoms with E-state index >= 15 is 0 Å². The Labute approximate surface area is 121 Å². The number of hydrogen-bond acceptors (Lipinski definition) is 5. The topological polar surface area (TPSA) is 71.5 Å². The Morgan fingerprint density at radius 3 is 2.80 bits per heavy atom. The number of carboxylic acid groups (broad SMARTS) is 1. The Balaban J connectivity index is 1.88. The molecule has 2 rings (SSSR count). The van der Waals surface area contributed by atoms with E-state index in [0.29, 0.717) is 19.0 Å². The molecule has 0 fully saturated rings. The number of carbonyl (C=O) groups is 1. The second-order valence-electron chi connectivity index (χ2n) is 4.11. The lowest BCUT2D eigenvalue weighted by molar-refractivity contribution is -0.136. The van der Waals surface area contributed by atoms with Gasteiger partial charge in [-0.1, -0.05) is 0 Å². The summed E-state index contributed by atoms with van der Waals surface area (Å²) in [5.41, 5.74) is 0.904. The normalized spacial score (nSPS) is 10.2. The number of thiophene rings is 1. The lowest BCUT2D eigenvalue weighted by Crippen LogP contribution is -1.99. The van der Waals surface area contributed by atoms with E-state index in [-0.39, 0.29) is 6.42 Å². The van der Waals surface area contributed by atoms with Crippen molar-refractivity contribution >= 4 is 23.0 Å². The van der Waals surface area contributed by atoms with Gasteiger partial charge in [0.05, 0.1) is 24.9 Å². The SMILES string of the molecule is CCOc1ccc(NCc2ccc(CC(=O)O)s2)cn1. The van der Waals surface area contributed by atoms with E-state index in [4.69, 9.17) is 9.84 Å². The van der Waals surface area contributed by atoms with Crippen molar-refractivity contribution in [1.29, 1.82) is 0 Å². The first-order valence-electron chi connectivity index (χ1n) is 6.29. The maximum absolute atomic E-state index is 10.6. The summed E-state index contributed by atoms with van der Waals surface area (Å²) in [5.74, 6) is -0.194. The van der Waals surface area contributed by atoms with Crippen LogP contribution in [0, 0.1) is 0 Å². The van der Waals surface area contributed by atoms with Gasteiger partial charge in [-0.25, -0.2) is 4.98 Å². The molecule has 0 spiro atoms. The monoisotopic (exact) mass is 292 g/mol. The van der Waals surface area contributed by atoms with Gasteiger partial charge in [0.2, 0.25) is 5.88 Å². The molecule has 0 saturated carbocycles. The molecule has 20 heavy (non-hydrogen) atoms. The first-order chi connectivity index (χ1) is 9.67. The van der Waals surface area contributed by atoms with Crippen molar-refractivity contribution in [2.45, 2.75) is 19.9 Å². The number of pyridine rings is 1. The quantitative estimate of drug-likeness (QED) is 0.821. The molecule has 2 aromatic rings. The van der Waals surface area contributed by atoms with Crippen LogP contribution >= 0.6 is 11.3 Å². The molecule has 0 aliphatic carbocycles. The minimum absolute atomic E-state index is 0.0786. The van der Waals surface area contributed by atoms with Crippen LogP contribution < -0.4 is 10.1 Å². The Bertz CT molecular complexity index is 566. The van der Waals surface area contributed by atoms with Crippen LogP contribution in [0.15, 0.2) is 30.5 Å². The highest BCUT2D eigenvalue weighted by atomic mass is 32.1. The molecule has 5 nitrogen and oxygen atoms in total. The first-order valence-corrected chi connectivity index (χ1v) is 7.11. The predicted molar refractivity (Wildman–Crippen MR) is 78.4 cm³/mol. The van der Waals surface area contributed by atoms with Gasteiger partial charge < -0.3 is 15.2 Å². The lowest BCUT2D eigenvalue weighted by atomic mass is 10.3. The van der Waals surface area contributed by atoms with Crippen molar-refractivity contribution in [1.82, 2.24) is 4.98 Å². The third kappa shape index (κ3) is 4.24. The molecular formula is C14H16N2O3S. The van der Waals surface area contributed by atoms with Gasteiger partial charge in [0.25, 0.3) is 0 Å². The Hall–Kier alpha value is -2.08. The smallest absolute Gasteiger partial charge is 0.308 e. The van der Waals surface area contributed by atoms with E-state index < -0.39 is 5.97 Å². The summed E-state index contributed by atoms with van der Waals surface area (Å²) in [6.45, 7) is 3.17. The summed E-state index contributed by atoms with van der Waals surface area (Å²) in [6.07, 6.45) is 1.80. The van der Waals surface area contributed by atoms with E-state index in [1.807, 2.05) is 31.2 Å². The van der Waals surface area contributed by atoms with E-state index in [2.05, 4.69) is 10.3 Å². The summed E-state index contributed by atoms with van der Waals surface area (Å²) in [5, 5.41) is 12.0. The zero-order chi connectivity index (χ0) is 14.4. The molecule has 0 aliphatic rings. The molecular weight excluding hydrogens is 276 g/mol. The molecule has 0 aliphatic heterocycles. The summed E-state index contributed by atoms with van der Waals surface area (Å²) in [4.78, 5) is 16.7. The molecule has 0 amide bonds. The predicted octanol–water partition coefficient (Wildman–Crippen LogP) is 2.78. The van der Waals surface area contributed by atoms with Crippen LogP contribution in [0.2, 0.25) is 0 Å². The summed E-state index contributed by atoms with van der Waals surface area (Å²) in [7, 11) is 0. The average Bonchev–Trinajstić information content (AvgIpc) is 2.85. The van der Waals surface area contributed by atoms with Crippen molar-refractivity contribution in [3.63, 3.8) is 0 Å². The van der Waals surface area contributed by atoms with Crippen LogP contribution in [0.1, 0.15) is 16.7 Å². The van der Waals surface area contributed by atoms with Crippen molar-refractivity contribution in [2.75, 3.05) is 11.9 Å². The molecule has 2 heterocycles. The van der Waals surface area contributed by atoms with Gasteiger partial charge in [-0.3, -0.25) is 4.79 Å². The van der Waals surface area contributed by atoms with Gasteiger partial charge in [0, 0.05) is 22.4 Å². The zero-order valence-electron chi connectivity index (χ0n) is 11.1. The number of aromatic nitrogens is 1. The highest BCUT2D eigenvalue weighted by molar-refractivity contribution is 7.12. The third-order valence-corrected chi connectivity index (χ3v) is 3.62. The Morgan fingerprint density at radius 1 is 1.35 bits per heavy atom. The average molecular weight is 292 g/mol. The maximum Gasteiger partial charge on any atom is 0.308 e. The van der Waals surface area contributed by atoms with Crippen LogP contribution in [0.25, 0.3) is 0 Å². The van der Waals surface area contributed by atoms with Crippen LogP contribution in [0.4, 0.5) is 5.69 Å². The Kier molecular flexibility index (Phi) is 4.95. The van der Waals surface area contributed by atoms with Crippen LogP contribution in [-0.2, 0) is 17.8 Å². The number of hydrogen-bond donors (Lipinski definition) is 2. The third-order valence-electron chi connectivity index (χ3n) is 2.54. The number of nitrogens with one attached hydrogen (secondary N) is 1.